The van der Waals surface area contributed by atoms with Crippen molar-refractivity contribution in [1.29, 1.82) is 0 Å². The van der Waals surface area contributed by atoms with Crippen LogP contribution in [-0.4, -0.2) is 12.5 Å². The van der Waals surface area contributed by atoms with Crippen molar-refractivity contribution in [3.63, 3.8) is 0 Å². The van der Waals surface area contributed by atoms with E-state index in [-0.39, 0.29) is 0 Å². The molecule has 1 nitrogen and oxygen atoms in total. The Kier molecular flexibility index (Phi) is 4.22. The third kappa shape index (κ3) is 3.55. The first-order valence-electron chi connectivity index (χ1n) is 3.53. The van der Waals surface area contributed by atoms with E-state index in [1.807, 2.05) is 24.3 Å². The van der Waals surface area contributed by atoms with Crippen LogP contribution in [0.1, 0.15) is 0 Å². The summed E-state index contributed by atoms with van der Waals surface area (Å²) in [6.45, 7) is 0. The maximum Gasteiger partial charge on any atom is 0.762 e. The molecule has 1 aromatic heterocycles. The average Bonchev–Trinajstić information content (AvgIpc) is 2.42. The number of aromatic nitrogens is 1. The van der Waals surface area contributed by atoms with Crippen LogP contribution in [0.25, 0.3) is 10.2 Å². The molecule has 0 saturated heterocycles. The molecule has 0 atom stereocenters. The molecule has 1 heterocycles. The Morgan fingerprint density at radius 1 is 1.21 bits per heavy atom. The molecule has 0 amide bonds. The van der Waals surface area contributed by atoms with E-state index in [0.29, 0.717) is 4.47 Å². The highest BCUT2D eigenvalue weighted by atomic mass is 35.5. The van der Waals surface area contributed by atoms with Gasteiger partial charge in [0, 0.05) is 0 Å². The van der Waals surface area contributed by atoms with Crippen LogP contribution in [0, 0.1) is 0 Å². The Morgan fingerprint density at radius 3 is 2.36 bits per heavy atom. The van der Waals surface area contributed by atoms with Gasteiger partial charge in [-0.2, -0.15) is 0 Å². The second kappa shape index (κ2) is 5.21. The average molecular weight is 237 g/mol. The molecule has 0 bridgehead atoms. The maximum atomic E-state index is 9.67. The van der Waals surface area contributed by atoms with Gasteiger partial charge in [-0.05, 0) is 12.1 Å². The van der Waals surface area contributed by atoms with Crippen molar-refractivity contribution < 1.29 is 12.9 Å². The molecular weight excluding hydrogens is 233 g/mol. The monoisotopic (exact) mass is 237 g/mol. The summed E-state index contributed by atoms with van der Waals surface area (Å²) in [5, 5.41) is 0. The van der Waals surface area contributed by atoms with Gasteiger partial charge in [-0.15, -0.1) is 11.3 Å². The standard InChI is InChI=1S/C7H4ClNS.BF3/c8-7-9-5-3-1-2-4-6(5)10-7;2-1(3)4/h1-4H;. The van der Waals surface area contributed by atoms with Crippen molar-refractivity contribution in [2.45, 2.75) is 0 Å². The van der Waals surface area contributed by atoms with Crippen molar-refractivity contribution in [3.05, 3.63) is 28.7 Å². The van der Waals surface area contributed by atoms with E-state index in [9.17, 15) is 12.9 Å². The normalized spacial score (nSPS) is 9.43. The first kappa shape index (κ1) is 11.3. The van der Waals surface area contributed by atoms with E-state index >= 15 is 0 Å². The number of halogens is 4. The highest BCUT2D eigenvalue weighted by Gasteiger charge is 2.06. The van der Waals surface area contributed by atoms with Crippen molar-refractivity contribution in [3.8, 4) is 0 Å². The van der Waals surface area contributed by atoms with Crippen LogP contribution in [-0.2, 0) is 0 Å². The van der Waals surface area contributed by atoms with Gasteiger partial charge in [0.1, 0.15) is 0 Å². The summed E-state index contributed by atoms with van der Waals surface area (Å²) in [5.74, 6) is 0. The van der Waals surface area contributed by atoms with E-state index in [1.165, 1.54) is 11.3 Å². The van der Waals surface area contributed by atoms with Crippen molar-refractivity contribution in [1.82, 2.24) is 4.98 Å². The molecule has 1 aromatic carbocycles. The molecule has 0 aliphatic rings. The van der Waals surface area contributed by atoms with Gasteiger partial charge < -0.3 is 0 Å². The van der Waals surface area contributed by atoms with E-state index < -0.39 is 7.54 Å². The SMILES string of the molecule is Clc1nc2ccccc2s1.FB(F)F. The topological polar surface area (TPSA) is 12.9 Å². The third-order valence-corrected chi connectivity index (χ3v) is 2.41. The minimum atomic E-state index is -3.67. The molecule has 0 aliphatic heterocycles. The van der Waals surface area contributed by atoms with Gasteiger partial charge in [-0.25, -0.2) is 4.98 Å². The minimum Gasteiger partial charge on any atom is -0.254 e. The maximum absolute atomic E-state index is 9.67. The Morgan fingerprint density at radius 2 is 1.79 bits per heavy atom. The summed E-state index contributed by atoms with van der Waals surface area (Å²) in [7, 11) is -3.67. The molecule has 2 rings (SSSR count). The number of rotatable bonds is 0. The Bertz CT molecular complexity index is 373. The number of fused-ring (bicyclic) bond motifs is 1. The van der Waals surface area contributed by atoms with Gasteiger partial charge in [0.15, 0.2) is 4.47 Å². The molecule has 7 heteroatoms. The lowest BCUT2D eigenvalue weighted by molar-refractivity contribution is 0.535. The zero-order valence-electron chi connectivity index (χ0n) is 6.75. The summed E-state index contributed by atoms with van der Waals surface area (Å²) in [6.07, 6.45) is 0. The molecule has 0 fully saturated rings. The molecule has 0 aliphatic carbocycles. The summed E-state index contributed by atoms with van der Waals surface area (Å²) in [5.41, 5.74) is 0.984. The molecule has 0 unspecified atom stereocenters. The van der Waals surface area contributed by atoms with Gasteiger partial charge in [0.25, 0.3) is 0 Å². The van der Waals surface area contributed by atoms with Gasteiger partial charge in [0.05, 0.1) is 10.2 Å². The highest BCUT2D eigenvalue weighted by molar-refractivity contribution is 7.22. The number of thiazole rings is 1. The Balaban J connectivity index is 0.000000213. The summed E-state index contributed by atoms with van der Waals surface area (Å²) >= 11 is 7.20. The highest BCUT2D eigenvalue weighted by Crippen LogP contribution is 2.24. The van der Waals surface area contributed by atoms with E-state index in [2.05, 4.69) is 4.98 Å². The molecule has 14 heavy (non-hydrogen) atoms. The van der Waals surface area contributed by atoms with Crippen molar-refractivity contribution in [2.75, 3.05) is 0 Å². The number of nitrogens with zero attached hydrogens (tertiary/aromatic N) is 1. The molecule has 2 aromatic rings. The molecule has 0 spiro atoms. The van der Waals surface area contributed by atoms with E-state index in [0.717, 1.165) is 10.2 Å². The van der Waals surface area contributed by atoms with Crippen LogP contribution in [0.2, 0.25) is 4.47 Å². The zero-order valence-corrected chi connectivity index (χ0v) is 8.33. The number of para-hydroxylation sites is 1. The fraction of sp³-hybridized carbons (Fsp3) is 0. The number of hydrogen-bond donors (Lipinski definition) is 0. The molecule has 0 radical (unpaired) electrons. The largest absolute Gasteiger partial charge is 0.762 e. The van der Waals surface area contributed by atoms with Gasteiger partial charge in [0.2, 0.25) is 0 Å². The van der Waals surface area contributed by atoms with Crippen molar-refractivity contribution >= 4 is 40.7 Å². The molecule has 0 saturated carbocycles. The van der Waals surface area contributed by atoms with Gasteiger partial charge in [-0.3, -0.25) is 12.9 Å². The van der Waals surface area contributed by atoms with Gasteiger partial charge >= 0.3 is 7.54 Å². The Hall–Kier alpha value is -0.745. The molecule has 0 N–H and O–H groups in total. The molecule has 74 valence electrons. The van der Waals surface area contributed by atoms with Crippen LogP contribution in [0.15, 0.2) is 24.3 Å². The lowest BCUT2D eigenvalue weighted by Gasteiger charge is -1.80. The lowest BCUT2D eigenvalue weighted by atomic mass is 10.3. The third-order valence-electron chi connectivity index (χ3n) is 1.27. The predicted octanol–water partition coefficient (Wildman–Crippen LogP) is 3.83. The number of hydrogen-bond acceptors (Lipinski definition) is 2. The molecular formula is C7H4BClF3NS. The van der Waals surface area contributed by atoms with Crippen LogP contribution in [0.4, 0.5) is 12.9 Å². The Labute approximate surface area is 87.7 Å². The first-order valence-corrected chi connectivity index (χ1v) is 4.72. The van der Waals surface area contributed by atoms with Crippen LogP contribution in [0.5, 0.6) is 0 Å². The predicted molar refractivity (Wildman–Crippen MR) is 53.7 cm³/mol. The second-order valence-corrected chi connectivity index (χ2v) is 3.79. The fourth-order valence-electron chi connectivity index (χ4n) is 0.844. The first-order chi connectivity index (χ1) is 6.59. The van der Waals surface area contributed by atoms with E-state index in [4.69, 9.17) is 11.6 Å². The number of benzene rings is 1. The summed E-state index contributed by atoms with van der Waals surface area (Å²) in [6, 6.07) is 7.91. The fourth-order valence-corrected chi connectivity index (χ4v) is 1.87. The zero-order chi connectivity index (χ0) is 10.6. The van der Waals surface area contributed by atoms with Crippen LogP contribution in [0.3, 0.4) is 0 Å². The van der Waals surface area contributed by atoms with Gasteiger partial charge in [-0.1, -0.05) is 23.7 Å². The lowest BCUT2D eigenvalue weighted by Crippen LogP contribution is -1.76. The summed E-state index contributed by atoms with van der Waals surface area (Å²) in [4.78, 5) is 4.10. The summed E-state index contributed by atoms with van der Waals surface area (Å²) < 4.78 is 30.8. The van der Waals surface area contributed by atoms with Crippen molar-refractivity contribution in [2.24, 2.45) is 0 Å². The second-order valence-electron chi connectivity index (χ2n) is 2.18. The minimum absolute atomic E-state index is 0.612. The quantitative estimate of drug-likeness (QED) is 0.635. The van der Waals surface area contributed by atoms with Crippen LogP contribution >= 0.6 is 22.9 Å². The van der Waals surface area contributed by atoms with Crippen LogP contribution < -0.4 is 0 Å². The smallest absolute Gasteiger partial charge is 0.254 e. The van der Waals surface area contributed by atoms with E-state index in [1.54, 1.807) is 0 Å².